The highest BCUT2D eigenvalue weighted by Crippen LogP contribution is 2.37. The van der Waals surface area contributed by atoms with Gasteiger partial charge in [0.25, 0.3) is 0 Å². The van der Waals surface area contributed by atoms with Crippen molar-refractivity contribution < 1.29 is 0 Å². The van der Waals surface area contributed by atoms with E-state index in [-0.39, 0.29) is 6.04 Å². The van der Waals surface area contributed by atoms with Crippen LogP contribution in [-0.2, 0) is 6.42 Å². The Morgan fingerprint density at radius 2 is 2.14 bits per heavy atom. The molecule has 1 aliphatic carbocycles. The zero-order valence-corrected chi connectivity index (χ0v) is 12.0. The Labute approximate surface area is 127 Å². The summed E-state index contributed by atoms with van der Waals surface area (Å²) in [6.07, 6.45) is 3.90. The molecule has 0 saturated carbocycles. The number of nitrogens with zero attached hydrogens (tertiary/aromatic N) is 3. The number of rotatable bonds is 1. The molecule has 21 heavy (non-hydrogen) atoms. The fraction of sp³-hybridized carbons (Fsp3) is 0.176. The number of fused-ring (bicyclic) bond motifs is 2. The van der Waals surface area contributed by atoms with Crippen LogP contribution in [0.3, 0.4) is 0 Å². The van der Waals surface area contributed by atoms with E-state index >= 15 is 0 Å². The summed E-state index contributed by atoms with van der Waals surface area (Å²) >= 11 is 6.07. The van der Waals surface area contributed by atoms with Crippen molar-refractivity contribution in [1.82, 2.24) is 9.78 Å². The third-order valence-corrected chi connectivity index (χ3v) is 4.41. The molecule has 0 bridgehead atoms. The zero-order valence-electron chi connectivity index (χ0n) is 11.3. The van der Waals surface area contributed by atoms with Gasteiger partial charge in [0.05, 0.1) is 29.4 Å². The first-order chi connectivity index (χ1) is 10.3. The maximum Gasteiger partial charge on any atom is 0.0991 e. The SMILES string of the molecule is N#Cc1ccc2c(cnn2C2CCc3cc(Cl)ccc32)c1. The lowest BCUT2D eigenvalue weighted by atomic mass is 10.1. The maximum absolute atomic E-state index is 8.98. The van der Waals surface area contributed by atoms with Gasteiger partial charge < -0.3 is 0 Å². The highest BCUT2D eigenvalue weighted by atomic mass is 35.5. The maximum atomic E-state index is 8.98. The standard InChI is InChI=1S/C17H12ClN3/c18-14-3-4-15-12(8-14)2-6-17(15)21-16-5-1-11(9-19)7-13(16)10-20-21/h1,3-5,7-8,10,17H,2,6H2. The van der Waals surface area contributed by atoms with Crippen LogP contribution in [0.2, 0.25) is 5.02 Å². The molecule has 4 rings (SSSR count). The number of hydrogen-bond acceptors (Lipinski definition) is 2. The second-order valence-corrected chi connectivity index (χ2v) is 5.81. The average Bonchev–Trinajstić information content (AvgIpc) is 3.09. The van der Waals surface area contributed by atoms with Crippen LogP contribution in [0.15, 0.2) is 42.6 Å². The first-order valence-electron chi connectivity index (χ1n) is 6.92. The van der Waals surface area contributed by atoms with Gasteiger partial charge in [-0.2, -0.15) is 10.4 Å². The van der Waals surface area contributed by atoms with Crippen molar-refractivity contribution in [2.24, 2.45) is 0 Å². The van der Waals surface area contributed by atoms with Crippen LogP contribution >= 0.6 is 11.6 Å². The summed E-state index contributed by atoms with van der Waals surface area (Å²) in [4.78, 5) is 0. The highest BCUT2D eigenvalue weighted by molar-refractivity contribution is 6.30. The molecule has 1 unspecified atom stereocenters. The molecule has 0 saturated heterocycles. The Morgan fingerprint density at radius 1 is 1.24 bits per heavy atom. The lowest BCUT2D eigenvalue weighted by molar-refractivity contribution is 0.537. The second-order valence-electron chi connectivity index (χ2n) is 5.37. The van der Waals surface area contributed by atoms with E-state index in [0.29, 0.717) is 5.56 Å². The summed E-state index contributed by atoms with van der Waals surface area (Å²) in [5.74, 6) is 0. The number of aromatic nitrogens is 2. The Hall–Kier alpha value is -2.31. The average molecular weight is 294 g/mol. The monoisotopic (exact) mass is 293 g/mol. The van der Waals surface area contributed by atoms with Crippen molar-refractivity contribution >= 4 is 22.5 Å². The molecule has 1 heterocycles. The van der Waals surface area contributed by atoms with Crippen LogP contribution in [0, 0.1) is 11.3 Å². The molecule has 1 aromatic heterocycles. The number of hydrogen-bond donors (Lipinski definition) is 0. The Bertz CT molecular complexity index is 889. The van der Waals surface area contributed by atoms with Crippen LogP contribution in [0.1, 0.15) is 29.2 Å². The summed E-state index contributed by atoms with van der Waals surface area (Å²) in [7, 11) is 0. The summed E-state index contributed by atoms with van der Waals surface area (Å²) in [6, 6.07) is 14.2. The molecule has 4 heteroatoms. The minimum atomic E-state index is 0.253. The van der Waals surface area contributed by atoms with Gasteiger partial charge in [-0.25, -0.2) is 0 Å². The van der Waals surface area contributed by atoms with Gasteiger partial charge in [0, 0.05) is 10.4 Å². The minimum Gasteiger partial charge on any atom is -0.257 e. The molecule has 0 N–H and O–H groups in total. The molecule has 1 aliphatic rings. The molecule has 0 amide bonds. The topological polar surface area (TPSA) is 41.6 Å². The fourth-order valence-electron chi connectivity index (χ4n) is 3.19. The van der Waals surface area contributed by atoms with Gasteiger partial charge in [-0.15, -0.1) is 0 Å². The van der Waals surface area contributed by atoms with E-state index < -0.39 is 0 Å². The van der Waals surface area contributed by atoms with Crippen molar-refractivity contribution in [1.29, 1.82) is 5.26 Å². The Morgan fingerprint density at radius 3 is 3.00 bits per heavy atom. The number of aryl methyl sites for hydroxylation is 1. The molecule has 0 radical (unpaired) electrons. The lowest BCUT2D eigenvalue weighted by Crippen LogP contribution is -2.08. The van der Waals surface area contributed by atoms with Crippen LogP contribution in [0.5, 0.6) is 0 Å². The lowest BCUT2D eigenvalue weighted by Gasteiger charge is -2.14. The van der Waals surface area contributed by atoms with Crippen molar-refractivity contribution in [3.63, 3.8) is 0 Å². The first kappa shape index (κ1) is 12.4. The summed E-state index contributed by atoms with van der Waals surface area (Å²) in [6.45, 7) is 0. The normalized spacial score (nSPS) is 16.9. The molecule has 0 aliphatic heterocycles. The predicted octanol–water partition coefficient (Wildman–Crippen LogP) is 4.10. The molecule has 3 nitrogen and oxygen atoms in total. The molecule has 102 valence electrons. The van der Waals surface area contributed by atoms with Gasteiger partial charge in [0.15, 0.2) is 0 Å². The molecular formula is C17H12ClN3. The molecule has 1 atom stereocenters. The summed E-state index contributed by atoms with van der Waals surface area (Å²) in [5.41, 5.74) is 4.35. The van der Waals surface area contributed by atoms with E-state index in [1.165, 1.54) is 11.1 Å². The van der Waals surface area contributed by atoms with E-state index in [9.17, 15) is 0 Å². The van der Waals surface area contributed by atoms with Crippen LogP contribution in [-0.4, -0.2) is 9.78 Å². The van der Waals surface area contributed by atoms with Gasteiger partial charge in [-0.3, -0.25) is 4.68 Å². The first-order valence-corrected chi connectivity index (χ1v) is 7.30. The molecule has 3 aromatic rings. The van der Waals surface area contributed by atoms with Crippen molar-refractivity contribution in [2.75, 3.05) is 0 Å². The predicted molar refractivity (Wildman–Crippen MR) is 82.4 cm³/mol. The van der Waals surface area contributed by atoms with Gasteiger partial charge >= 0.3 is 0 Å². The third-order valence-electron chi connectivity index (χ3n) is 4.17. The van der Waals surface area contributed by atoms with E-state index in [4.69, 9.17) is 16.9 Å². The molecule has 0 spiro atoms. The van der Waals surface area contributed by atoms with E-state index in [1.807, 2.05) is 30.5 Å². The van der Waals surface area contributed by atoms with Crippen molar-refractivity contribution in [2.45, 2.75) is 18.9 Å². The number of nitriles is 1. The largest absolute Gasteiger partial charge is 0.257 e. The van der Waals surface area contributed by atoms with Crippen molar-refractivity contribution in [3.05, 3.63) is 64.3 Å². The smallest absolute Gasteiger partial charge is 0.0991 e. The van der Waals surface area contributed by atoms with Gasteiger partial charge in [-0.1, -0.05) is 17.7 Å². The highest BCUT2D eigenvalue weighted by Gasteiger charge is 2.25. The van der Waals surface area contributed by atoms with Gasteiger partial charge in [0.2, 0.25) is 0 Å². The molecular weight excluding hydrogens is 282 g/mol. The summed E-state index contributed by atoms with van der Waals surface area (Å²) < 4.78 is 2.07. The molecule has 2 aromatic carbocycles. The Kier molecular flexibility index (Phi) is 2.73. The number of halogens is 1. The van der Waals surface area contributed by atoms with Crippen molar-refractivity contribution in [3.8, 4) is 6.07 Å². The molecule has 0 fully saturated rings. The zero-order chi connectivity index (χ0) is 14.4. The van der Waals surface area contributed by atoms with Gasteiger partial charge in [0.1, 0.15) is 0 Å². The minimum absolute atomic E-state index is 0.253. The van der Waals surface area contributed by atoms with E-state index in [0.717, 1.165) is 28.8 Å². The van der Waals surface area contributed by atoms with Crippen LogP contribution in [0.4, 0.5) is 0 Å². The third kappa shape index (κ3) is 1.91. The quantitative estimate of drug-likeness (QED) is 0.678. The van der Waals surface area contributed by atoms with E-state index in [1.54, 1.807) is 0 Å². The Balaban J connectivity index is 1.84. The summed E-state index contributed by atoms with van der Waals surface area (Å²) in [5, 5.41) is 15.3. The van der Waals surface area contributed by atoms with Crippen LogP contribution < -0.4 is 0 Å². The second kappa shape index (κ2) is 4.61. The van der Waals surface area contributed by atoms with E-state index in [2.05, 4.69) is 28.0 Å². The van der Waals surface area contributed by atoms with Crippen LogP contribution in [0.25, 0.3) is 10.9 Å². The van der Waals surface area contributed by atoms with Gasteiger partial charge in [-0.05, 0) is 54.3 Å². The number of benzene rings is 2. The fourth-order valence-corrected chi connectivity index (χ4v) is 3.38.